The first-order valence-electron chi connectivity index (χ1n) is 11.5. The van der Waals surface area contributed by atoms with Crippen molar-refractivity contribution >= 4 is 18.0 Å². The average molecular weight is 461 g/mol. The van der Waals surface area contributed by atoms with Crippen molar-refractivity contribution in [1.82, 2.24) is 15.1 Å². The zero-order chi connectivity index (χ0) is 24.4. The number of ether oxygens (including phenoxy) is 3. The molecule has 33 heavy (non-hydrogen) atoms. The number of nitrogens with zero attached hydrogens (tertiary/aromatic N) is 2. The lowest BCUT2D eigenvalue weighted by Gasteiger charge is -2.28. The molecule has 0 bridgehead atoms. The molecule has 9 heteroatoms. The Bertz CT molecular complexity index is 941. The zero-order valence-corrected chi connectivity index (χ0v) is 20.7. The van der Waals surface area contributed by atoms with Crippen molar-refractivity contribution in [2.24, 2.45) is 5.92 Å². The topological polar surface area (TPSA) is 104 Å². The SMILES string of the molecule is Cc1nn(C2CCC2)c(NC(=O)OC(C)(C)C)c1C#C[C@@H]1COC[C@H]1NC(=O)OC(C)(C)C. The summed E-state index contributed by atoms with van der Waals surface area (Å²) in [5.74, 6) is 6.75. The second kappa shape index (κ2) is 9.64. The van der Waals surface area contributed by atoms with Gasteiger partial charge in [-0.3, -0.25) is 5.32 Å². The first-order valence-corrected chi connectivity index (χ1v) is 11.5. The molecule has 1 aromatic heterocycles. The molecule has 9 nitrogen and oxygen atoms in total. The van der Waals surface area contributed by atoms with Gasteiger partial charge in [0.1, 0.15) is 17.0 Å². The van der Waals surface area contributed by atoms with Crippen LogP contribution in [0.1, 0.15) is 78.1 Å². The largest absolute Gasteiger partial charge is 0.444 e. The van der Waals surface area contributed by atoms with E-state index in [4.69, 9.17) is 14.2 Å². The van der Waals surface area contributed by atoms with E-state index in [2.05, 4.69) is 27.6 Å². The van der Waals surface area contributed by atoms with Crippen molar-refractivity contribution in [2.75, 3.05) is 18.5 Å². The molecule has 0 unspecified atom stereocenters. The summed E-state index contributed by atoms with van der Waals surface area (Å²) in [7, 11) is 0. The zero-order valence-electron chi connectivity index (χ0n) is 20.7. The van der Waals surface area contributed by atoms with E-state index in [1.807, 2.05) is 53.1 Å². The number of alkyl carbamates (subject to hydrolysis) is 1. The van der Waals surface area contributed by atoms with Gasteiger partial charge in [-0.15, -0.1) is 0 Å². The maximum absolute atomic E-state index is 12.5. The van der Waals surface area contributed by atoms with E-state index in [9.17, 15) is 9.59 Å². The molecule has 2 amide bonds. The Morgan fingerprint density at radius 1 is 1.06 bits per heavy atom. The normalized spacial score (nSPS) is 20.9. The summed E-state index contributed by atoms with van der Waals surface area (Å²) in [6.07, 6.45) is 2.12. The fourth-order valence-electron chi connectivity index (χ4n) is 3.58. The lowest BCUT2D eigenvalue weighted by Crippen LogP contribution is -2.42. The van der Waals surface area contributed by atoms with Crippen LogP contribution in [0.15, 0.2) is 0 Å². The quantitative estimate of drug-likeness (QED) is 0.657. The van der Waals surface area contributed by atoms with Crippen LogP contribution in [-0.2, 0) is 14.2 Å². The maximum Gasteiger partial charge on any atom is 0.413 e. The number of anilines is 1. The van der Waals surface area contributed by atoms with Crippen LogP contribution in [0, 0.1) is 24.7 Å². The minimum Gasteiger partial charge on any atom is -0.444 e. The first kappa shape index (κ1) is 24.9. The molecule has 0 spiro atoms. The van der Waals surface area contributed by atoms with Gasteiger partial charge in [-0.2, -0.15) is 5.10 Å². The van der Waals surface area contributed by atoms with Crippen LogP contribution < -0.4 is 10.6 Å². The Kier molecular flexibility index (Phi) is 7.27. The summed E-state index contributed by atoms with van der Waals surface area (Å²) < 4.78 is 18.2. The Labute approximate surface area is 195 Å². The molecule has 0 radical (unpaired) electrons. The summed E-state index contributed by atoms with van der Waals surface area (Å²) in [6.45, 7) is 13.5. The second-order valence-electron chi connectivity index (χ2n) is 10.6. The lowest BCUT2D eigenvalue weighted by atomic mass is 9.93. The van der Waals surface area contributed by atoms with E-state index in [1.165, 1.54) is 0 Å². The first-order chi connectivity index (χ1) is 15.3. The van der Waals surface area contributed by atoms with Gasteiger partial charge in [0.2, 0.25) is 0 Å². The fraction of sp³-hybridized carbons (Fsp3) is 0.708. The summed E-state index contributed by atoms with van der Waals surface area (Å²) in [6, 6.07) is -0.0443. The Morgan fingerprint density at radius 2 is 1.70 bits per heavy atom. The maximum atomic E-state index is 12.5. The summed E-state index contributed by atoms with van der Waals surface area (Å²) in [5.41, 5.74) is 0.181. The number of carbonyl (C=O) groups is 2. The van der Waals surface area contributed by atoms with Crippen LogP contribution in [0.25, 0.3) is 0 Å². The summed E-state index contributed by atoms with van der Waals surface area (Å²) >= 11 is 0. The number of aromatic nitrogens is 2. The Hall–Kier alpha value is -2.73. The molecule has 2 aliphatic rings. The van der Waals surface area contributed by atoms with E-state index >= 15 is 0 Å². The van der Waals surface area contributed by atoms with Gasteiger partial charge >= 0.3 is 12.2 Å². The van der Waals surface area contributed by atoms with Crippen molar-refractivity contribution in [2.45, 2.75) is 91.0 Å². The van der Waals surface area contributed by atoms with Gasteiger partial charge in [0.05, 0.1) is 42.5 Å². The minimum absolute atomic E-state index is 0.210. The molecule has 2 atom stereocenters. The third-order valence-corrected chi connectivity index (χ3v) is 5.29. The summed E-state index contributed by atoms with van der Waals surface area (Å²) in [5, 5.41) is 10.4. The standard InChI is InChI=1S/C24H36N4O5/c1-15-18(12-11-16-13-31-14-19(16)25-21(29)32-23(2,3)4)20(26-22(30)33-24(5,6)7)28(27-15)17-9-8-10-17/h16-17,19H,8-10,13-14H2,1-7H3,(H,25,29)(H,26,30)/t16-,19-/m1/s1. The molecular weight excluding hydrogens is 424 g/mol. The van der Waals surface area contributed by atoms with Gasteiger partial charge in [-0.1, -0.05) is 11.8 Å². The summed E-state index contributed by atoms with van der Waals surface area (Å²) in [4.78, 5) is 24.7. The molecule has 1 saturated heterocycles. The van der Waals surface area contributed by atoms with E-state index in [0.29, 0.717) is 24.6 Å². The third-order valence-electron chi connectivity index (χ3n) is 5.29. The van der Waals surface area contributed by atoms with Crippen LogP contribution in [0.2, 0.25) is 0 Å². The Balaban J connectivity index is 1.81. The van der Waals surface area contributed by atoms with Gasteiger partial charge in [-0.05, 0) is 67.7 Å². The van der Waals surface area contributed by atoms with Crippen LogP contribution in [-0.4, -0.2) is 52.4 Å². The van der Waals surface area contributed by atoms with Crippen LogP contribution >= 0.6 is 0 Å². The number of aryl methyl sites for hydroxylation is 1. The van der Waals surface area contributed by atoms with Gasteiger partial charge in [0.15, 0.2) is 0 Å². The van der Waals surface area contributed by atoms with E-state index in [0.717, 1.165) is 25.0 Å². The highest BCUT2D eigenvalue weighted by atomic mass is 16.6. The number of hydrogen-bond acceptors (Lipinski definition) is 6. The number of rotatable bonds is 3. The smallest absolute Gasteiger partial charge is 0.413 e. The van der Waals surface area contributed by atoms with Gasteiger partial charge in [-0.25, -0.2) is 14.3 Å². The molecule has 2 fully saturated rings. The van der Waals surface area contributed by atoms with E-state index in [-0.39, 0.29) is 18.0 Å². The third kappa shape index (κ3) is 6.87. The number of hydrogen-bond donors (Lipinski definition) is 2. The lowest BCUT2D eigenvalue weighted by molar-refractivity contribution is 0.0494. The molecule has 0 aromatic carbocycles. The molecule has 2 heterocycles. The van der Waals surface area contributed by atoms with Crippen molar-refractivity contribution in [3.8, 4) is 11.8 Å². The van der Waals surface area contributed by atoms with Crippen molar-refractivity contribution in [3.63, 3.8) is 0 Å². The van der Waals surface area contributed by atoms with Crippen LogP contribution in [0.4, 0.5) is 15.4 Å². The van der Waals surface area contributed by atoms with Gasteiger partial charge in [0.25, 0.3) is 0 Å². The highest BCUT2D eigenvalue weighted by molar-refractivity contribution is 5.86. The average Bonchev–Trinajstić information content (AvgIpc) is 3.13. The highest BCUT2D eigenvalue weighted by Crippen LogP contribution is 2.35. The van der Waals surface area contributed by atoms with Crippen molar-refractivity contribution in [1.29, 1.82) is 0 Å². The Morgan fingerprint density at radius 3 is 2.27 bits per heavy atom. The van der Waals surface area contributed by atoms with Gasteiger partial charge in [0, 0.05) is 0 Å². The number of nitrogens with one attached hydrogen (secondary N) is 2. The predicted octanol–water partition coefficient (Wildman–Crippen LogP) is 4.15. The number of amides is 2. The van der Waals surface area contributed by atoms with Crippen molar-refractivity contribution in [3.05, 3.63) is 11.3 Å². The molecule has 1 aromatic rings. The minimum atomic E-state index is -0.617. The van der Waals surface area contributed by atoms with E-state index in [1.54, 1.807) is 0 Å². The monoisotopic (exact) mass is 460 g/mol. The van der Waals surface area contributed by atoms with E-state index < -0.39 is 23.4 Å². The molecular formula is C24H36N4O5. The van der Waals surface area contributed by atoms with Gasteiger partial charge < -0.3 is 19.5 Å². The van der Waals surface area contributed by atoms with Crippen LogP contribution in [0.5, 0.6) is 0 Å². The number of carbonyl (C=O) groups excluding carboxylic acids is 2. The predicted molar refractivity (Wildman–Crippen MR) is 124 cm³/mol. The van der Waals surface area contributed by atoms with Crippen LogP contribution in [0.3, 0.4) is 0 Å². The molecule has 1 saturated carbocycles. The van der Waals surface area contributed by atoms with Crippen molar-refractivity contribution < 1.29 is 23.8 Å². The fourth-order valence-corrected chi connectivity index (χ4v) is 3.58. The molecule has 1 aliphatic carbocycles. The molecule has 2 N–H and O–H groups in total. The molecule has 3 rings (SSSR count). The molecule has 182 valence electrons. The molecule has 1 aliphatic heterocycles. The highest BCUT2D eigenvalue weighted by Gasteiger charge is 2.31. The second-order valence-corrected chi connectivity index (χ2v) is 10.6.